The summed E-state index contributed by atoms with van der Waals surface area (Å²) in [5, 5.41) is 13.0. The zero-order valence-corrected chi connectivity index (χ0v) is 19.9. The number of aryl methyl sites for hydroxylation is 1. The number of halogens is 3. The molecule has 4 aromatic rings. The van der Waals surface area contributed by atoms with Gasteiger partial charge >= 0.3 is 0 Å². The number of benzene rings is 3. The third-order valence-electron chi connectivity index (χ3n) is 4.79. The van der Waals surface area contributed by atoms with Crippen LogP contribution in [0.25, 0.3) is 5.69 Å². The minimum atomic E-state index is -0.480. The second-order valence-corrected chi connectivity index (χ2v) is 9.09. The summed E-state index contributed by atoms with van der Waals surface area (Å²) >= 11 is 14.2. The van der Waals surface area contributed by atoms with E-state index in [1.807, 2.05) is 25.1 Å². The SMILES string of the molecule is Cc1cccc(CSc2nnc(CNC(=O)c3cccc(F)c3)n2-c2cc(Cl)ccc2Cl)c1. The van der Waals surface area contributed by atoms with E-state index in [1.54, 1.807) is 28.8 Å². The smallest absolute Gasteiger partial charge is 0.251 e. The van der Waals surface area contributed by atoms with Crippen LogP contribution >= 0.6 is 35.0 Å². The lowest BCUT2D eigenvalue weighted by Gasteiger charge is -2.13. The second-order valence-electron chi connectivity index (χ2n) is 7.30. The van der Waals surface area contributed by atoms with E-state index in [4.69, 9.17) is 23.2 Å². The standard InChI is InChI=1S/C24H19Cl2FN4OS/c1-15-4-2-5-16(10-15)14-33-24-30-29-22(31(24)21-12-18(25)8-9-20(21)26)13-28-23(32)17-6-3-7-19(27)11-17/h2-12H,13-14H2,1H3,(H,28,32). The van der Waals surface area contributed by atoms with Gasteiger partial charge in [-0.2, -0.15) is 0 Å². The van der Waals surface area contributed by atoms with Crippen molar-refractivity contribution in [1.82, 2.24) is 20.1 Å². The Labute approximate surface area is 204 Å². The highest BCUT2D eigenvalue weighted by molar-refractivity contribution is 7.98. The van der Waals surface area contributed by atoms with Gasteiger partial charge in [-0.1, -0.05) is 70.9 Å². The first kappa shape index (κ1) is 23.3. The van der Waals surface area contributed by atoms with Crippen molar-refractivity contribution < 1.29 is 9.18 Å². The van der Waals surface area contributed by atoms with Crippen LogP contribution in [-0.2, 0) is 12.3 Å². The van der Waals surface area contributed by atoms with Gasteiger partial charge in [0.25, 0.3) is 5.91 Å². The summed E-state index contributed by atoms with van der Waals surface area (Å²) in [6.45, 7) is 2.11. The molecule has 0 aliphatic heterocycles. The van der Waals surface area contributed by atoms with Gasteiger partial charge in [-0.25, -0.2) is 4.39 Å². The van der Waals surface area contributed by atoms with Gasteiger partial charge < -0.3 is 5.32 Å². The molecule has 0 unspecified atom stereocenters. The Morgan fingerprint density at radius 2 is 1.88 bits per heavy atom. The minimum absolute atomic E-state index is 0.0657. The Kier molecular flexibility index (Phi) is 7.33. The van der Waals surface area contributed by atoms with Crippen molar-refractivity contribution in [2.24, 2.45) is 0 Å². The summed E-state index contributed by atoms with van der Waals surface area (Å²) in [4.78, 5) is 12.5. The molecule has 1 amide bonds. The van der Waals surface area contributed by atoms with E-state index in [9.17, 15) is 9.18 Å². The van der Waals surface area contributed by atoms with E-state index in [0.717, 1.165) is 5.56 Å². The minimum Gasteiger partial charge on any atom is -0.345 e. The zero-order valence-electron chi connectivity index (χ0n) is 17.6. The number of hydrogen-bond donors (Lipinski definition) is 1. The van der Waals surface area contributed by atoms with Crippen LogP contribution < -0.4 is 5.32 Å². The summed E-state index contributed by atoms with van der Waals surface area (Å²) in [7, 11) is 0. The Morgan fingerprint density at radius 3 is 2.67 bits per heavy atom. The highest BCUT2D eigenvalue weighted by Crippen LogP contribution is 2.31. The lowest BCUT2D eigenvalue weighted by Crippen LogP contribution is -2.24. The summed E-state index contributed by atoms with van der Waals surface area (Å²) in [5.41, 5.74) is 3.15. The van der Waals surface area contributed by atoms with Gasteiger partial charge in [0.15, 0.2) is 11.0 Å². The molecule has 1 aromatic heterocycles. The average molecular weight is 501 g/mol. The molecule has 0 radical (unpaired) electrons. The first-order chi connectivity index (χ1) is 15.9. The van der Waals surface area contributed by atoms with Crippen LogP contribution in [0.1, 0.15) is 27.3 Å². The number of aromatic nitrogens is 3. The summed E-state index contributed by atoms with van der Waals surface area (Å²) < 4.78 is 15.3. The molecule has 9 heteroatoms. The highest BCUT2D eigenvalue weighted by atomic mass is 35.5. The summed E-state index contributed by atoms with van der Waals surface area (Å²) in [5.74, 6) is 0.241. The predicted octanol–water partition coefficient (Wildman–Crippen LogP) is 6.24. The van der Waals surface area contributed by atoms with Crippen molar-refractivity contribution in [2.75, 3.05) is 0 Å². The van der Waals surface area contributed by atoms with Gasteiger partial charge in [-0.05, 0) is 48.9 Å². The Balaban J connectivity index is 1.62. The molecule has 0 aliphatic rings. The predicted molar refractivity (Wildman–Crippen MR) is 130 cm³/mol. The van der Waals surface area contributed by atoms with Crippen molar-refractivity contribution in [3.05, 3.63) is 105 Å². The molecule has 0 spiro atoms. The Morgan fingerprint density at radius 1 is 1.06 bits per heavy atom. The third kappa shape index (κ3) is 5.74. The topological polar surface area (TPSA) is 59.8 Å². The molecule has 33 heavy (non-hydrogen) atoms. The number of nitrogens with zero attached hydrogens (tertiary/aromatic N) is 3. The maximum atomic E-state index is 13.5. The number of thioether (sulfide) groups is 1. The quantitative estimate of drug-likeness (QED) is 0.305. The van der Waals surface area contributed by atoms with Crippen molar-refractivity contribution in [3.63, 3.8) is 0 Å². The van der Waals surface area contributed by atoms with Crippen LogP contribution in [0, 0.1) is 12.7 Å². The Hall–Kier alpha value is -2.87. The van der Waals surface area contributed by atoms with Crippen LogP contribution in [0.2, 0.25) is 10.0 Å². The molecule has 0 bridgehead atoms. The fourth-order valence-electron chi connectivity index (χ4n) is 3.25. The molecule has 0 saturated carbocycles. The summed E-state index contributed by atoms with van der Waals surface area (Å²) in [6, 6.07) is 18.8. The van der Waals surface area contributed by atoms with Gasteiger partial charge in [0.05, 0.1) is 17.3 Å². The van der Waals surface area contributed by atoms with Crippen LogP contribution in [0.15, 0.2) is 71.9 Å². The molecule has 4 rings (SSSR count). The van der Waals surface area contributed by atoms with Crippen molar-refractivity contribution in [3.8, 4) is 5.69 Å². The first-order valence-corrected chi connectivity index (χ1v) is 11.8. The Bertz CT molecular complexity index is 1310. The zero-order chi connectivity index (χ0) is 23.4. The maximum absolute atomic E-state index is 13.5. The number of hydrogen-bond acceptors (Lipinski definition) is 4. The molecule has 0 saturated heterocycles. The van der Waals surface area contributed by atoms with Gasteiger partial charge in [0.1, 0.15) is 5.82 Å². The van der Waals surface area contributed by atoms with E-state index >= 15 is 0 Å². The number of carbonyl (C=O) groups excluding carboxylic acids is 1. The van der Waals surface area contributed by atoms with Gasteiger partial charge in [0, 0.05) is 16.3 Å². The fourth-order valence-corrected chi connectivity index (χ4v) is 4.52. The van der Waals surface area contributed by atoms with Crippen molar-refractivity contribution >= 4 is 40.9 Å². The average Bonchev–Trinajstić information content (AvgIpc) is 3.20. The number of rotatable bonds is 7. The molecule has 168 valence electrons. The van der Waals surface area contributed by atoms with Crippen molar-refractivity contribution in [2.45, 2.75) is 24.4 Å². The normalized spacial score (nSPS) is 10.9. The van der Waals surface area contributed by atoms with Gasteiger partial charge in [0.2, 0.25) is 0 Å². The van der Waals surface area contributed by atoms with E-state index in [2.05, 4.69) is 21.6 Å². The van der Waals surface area contributed by atoms with E-state index in [-0.39, 0.29) is 12.1 Å². The monoisotopic (exact) mass is 500 g/mol. The third-order valence-corrected chi connectivity index (χ3v) is 6.35. The molecular weight excluding hydrogens is 482 g/mol. The molecule has 3 aromatic carbocycles. The molecular formula is C24H19Cl2FN4OS. The van der Waals surface area contributed by atoms with Crippen LogP contribution in [0.3, 0.4) is 0 Å². The molecule has 5 nitrogen and oxygen atoms in total. The first-order valence-electron chi connectivity index (χ1n) is 10.0. The van der Waals surface area contributed by atoms with Crippen LogP contribution in [0.4, 0.5) is 4.39 Å². The van der Waals surface area contributed by atoms with Gasteiger partial charge in [-0.15, -0.1) is 10.2 Å². The summed E-state index contributed by atoms with van der Waals surface area (Å²) in [6.07, 6.45) is 0. The maximum Gasteiger partial charge on any atom is 0.251 e. The molecule has 0 atom stereocenters. The van der Waals surface area contributed by atoms with E-state index < -0.39 is 11.7 Å². The molecule has 1 heterocycles. The lowest BCUT2D eigenvalue weighted by atomic mass is 10.2. The molecule has 0 aliphatic carbocycles. The highest BCUT2D eigenvalue weighted by Gasteiger charge is 2.18. The second kappa shape index (κ2) is 10.4. The van der Waals surface area contributed by atoms with Crippen LogP contribution in [0.5, 0.6) is 0 Å². The van der Waals surface area contributed by atoms with Crippen molar-refractivity contribution in [1.29, 1.82) is 0 Å². The lowest BCUT2D eigenvalue weighted by molar-refractivity contribution is 0.0949. The number of amides is 1. The van der Waals surface area contributed by atoms with E-state index in [1.165, 1.54) is 35.5 Å². The largest absolute Gasteiger partial charge is 0.345 e. The fraction of sp³-hybridized carbons (Fsp3) is 0.125. The number of carbonyl (C=O) groups is 1. The van der Waals surface area contributed by atoms with Gasteiger partial charge in [-0.3, -0.25) is 9.36 Å². The molecule has 1 N–H and O–H groups in total. The number of nitrogens with one attached hydrogen (secondary N) is 1. The van der Waals surface area contributed by atoms with E-state index in [0.29, 0.717) is 32.5 Å². The van der Waals surface area contributed by atoms with Crippen LogP contribution in [-0.4, -0.2) is 20.7 Å². The molecule has 0 fully saturated rings.